The first-order valence-corrected chi connectivity index (χ1v) is 9.96. The Labute approximate surface area is 161 Å². The van der Waals surface area contributed by atoms with Gasteiger partial charge in [0.1, 0.15) is 0 Å². The normalized spacial score (nSPS) is 19.1. The fourth-order valence-electron chi connectivity index (χ4n) is 3.51. The summed E-state index contributed by atoms with van der Waals surface area (Å²) in [4.78, 5) is 6.29. The number of alkyl halides is 3. The molecular weight excluding hydrogens is 371 g/mol. The van der Waals surface area contributed by atoms with Gasteiger partial charge in [0.2, 0.25) is 0 Å². The molecular formula is C20H22F3N3S. The second-order valence-electron chi connectivity index (χ2n) is 6.93. The topological polar surface area (TPSA) is 18.5 Å². The Balaban J connectivity index is 1.57. The third kappa shape index (κ3) is 4.25. The number of hydrogen-bond donors (Lipinski definition) is 1. The van der Waals surface area contributed by atoms with Crippen LogP contribution in [0.2, 0.25) is 0 Å². The molecule has 0 saturated carbocycles. The van der Waals surface area contributed by atoms with Crippen molar-refractivity contribution in [2.75, 3.05) is 44.2 Å². The number of piperazine rings is 1. The van der Waals surface area contributed by atoms with Crippen LogP contribution >= 0.6 is 11.8 Å². The summed E-state index contributed by atoms with van der Waals surface area (Å²) in [6.45, 7) is 5.64. The summed E-state index contributed by atoms with van der Waals surface area (Å²) < 4.78 is 39.7. The quantitative estimate of drug-likeness (QED) is 0.848. The molecule has 4 rings (SSSR count). The first-order valence-electron chi connectivity index (χ1n) is 9.14. The van der Waals surface area contributed by atoms with Gasteiger partial charge in [0, 0.05) is 55.1 Å². The molecule has 0 aromatic heterocycles. The molecule has 2 aliphatic heterocycles. The average Bonchev–Trinajstić information content (AvgIpc) is 2.61. The van der Waals surface area contributed by atoms with E-state index in [1.165, 1.54) is 23.9 Å². The lowest BCUT2D eigenvalue weighted by Crippen LogP contribution is -2.61. The van der Waals surface area contributed by atoms with Gasteiger partial charge in [-0.25, -0.2) is 0 Å². The van der Waals surface area contributed by atoms with E-state index in [4.69, 9.17) is 0 Å². The summed E-state index contributed by atoms with van der Waals surface area (Å²) >= 11 is 1.40. The predicted molar refractivity (Wildman–Crippen MR) is 102 cm³/mol. The minimum absolute atomic E-state index is 0.594. The van der Waals surface area contributed by atoms with E-state index in [0.29, 0.717) is 10.9 Å². The van der Waals surface area contributed by atoms with Crippen LogP contribution in [-0.4, -0.2) is 50.2 Å². The van der Waals surface area contributed by atoms with E-state index in [0.717, 1.165) is 49.9 Å². The summed E-state index contributed by atoms with van der Waals surface area (Å²) in [5.41, 5.74) is 0.298. The Morgan fingerprint density at radius 1 is 0.926 bits per heavy atom. The Hall–Kier alpha value is -1.70. The maximum atomic E-state index is 13.2. The van der Waals surface area contributed by atoms with Gasteiger partial charge < -0.3 is 10.2 Å². The number of halogens is 3. The third-order valence-electron chi connectivity index (χ3n) is 5.19. The lowest BCUT2D eigenvalue weighted by Gasteiger charge is -2.44. The van der Waals surface area contributed by atoms with E-state index in [1.807, 2.05) is 30.3 Å². The van der Waals surface area contributed by atoms with E-state index < -0.39 is 11.7 Å². The van der Waals surface area contributed by atoms with Crippen molar-refractivity contribution < 1.29 is 13.2 Å². The molecule has 3 nitrogen and oxygen atoms in total. The van der Waals surface area contributed by atoms with Crippen molar-refractivity contribution in [3.8, 4) is 0 Å². The number of rotatable bonds is 4. The van der Waals surface area contributed by atoms with Crippen molar-refractivity contribution in [1.82, 2.24) is 10.2 Å². The van der Waals surface area contributed by atoms with Crippen molar-refractivity contribution in [2.45, 2.75) is 22.0 Å². The first kappa shape index (κ1) is 18.7. The second kappa shape index (κ2) is 7.73. The fraction of sp³-hybridized carbons (Fsp3) is 0.400. The van der Waals surface area contributed by atoms with E-state index >= 15 is 0 Å². The number of anilines is 1. The molecule has 0 spiro atoms. The maximum Gasteiger partial charge on any atom is 0.416 e. The van der Waals surface area contributed by atoms with Crippen molar-refractivity contribution >= 4 is 17.4 Å². The highest BCUT2D eigenvalue weighted by Crippen LogP contribution is 2.40. The molecule has 0 radical (unpaired) electrons. The Morgan fingerprint density at radius 2 is 1.63 bits per heavy atom. The zero-order chi connectivity index (χ0) is 18.9. The molecule has 2 heterocycles. The number of hydrogen-bond acceptors (Lipinski definition) is 4. The zero-order valence-electron chi connectivity index (χ0n) is 14.9. The minimum Gasteiger partial charge on any atom is -0.368 e. The van der Waals surface area contributed by atoms with Crippen LogP contribution in [0, 0.1) is 0 Å². The van der Waals surface area contributed by atoms with Gasteiger partial charge in [-0.05, 0) is 30.3 Å². The lowest BCUT2D eigenvalue weighted by molar-refractivity contribution is -0.137. The predicted octanol–water partition coefficient (Wildman–Crippen LogP) is 3.95. The van der Waals surface area contributed by atoms with Gasteiger partial charge in [0.25, 0.3) is 0 Å². The summed E-state index contributed by atoms with van der Waals surface area (Å²) in [6.07, 6.45) is -4.33. The Kier molecular flexibility index (Phi) is 5.34. The molecule has 0 unspecified atom stereocenters. The molecule has 7 heteroatoms. The third-order valence-corrected chi connectivity index (χ3v) is 6.24. The fourth-order valence-corrected chi connectivity index (χ4v) is 4.54. The van der Waals surface area contributed by atoms with Crippen molar-refractivity contribution in [2.24, 2.45) is 0 Å². The smallest absolute Gasteiger partial charge is 0.368 e. The van der Waals surface area contributed by atoms with Crippen LogP contribution in [0.4, 0.5) is 18.9 Å². The van der Waals surface area contributed by atoms with Gasteiger partial charge in [-0.15, -0.1) is 0 Å². The maximum absolute atomic E-state index is 13.2. The van der Waals surface area contributed by atoms with E-state index in [1.54, 1.807) is 6.07 Å². The van der Waals surface area contributed by atoms with Crippen molar-refractivity contribution in [1.29, 1.82) is 0 Å². The highest BCUT2D eigenvalue weighted by molar-refractivity contribution is 7.99. The van der Waals surface area contributed by atoms with Gasteiger partial charge in [-0.1, -0.05) is 30.0 Å². The van der Waals surface area contributed by atoms with Crippen LogP contribution in [0.5, 0.6) is 0 Å². The average molecular weight is 393 g/mol. The highest BCUT2D eigenvalue weighted by Gasteiger charge is 2.32. The monoisotopic (exact) mass is 393 g/mol. The molecule has 0 bridgehead atoms. The van der Waals surface area contributed by atoms with Gasteiger partial charge in [0.15, 0.2) is 0 Å². The molecule has 144 valence electrons. The number of nitrogens with one attached hydrogen (secondary N) is 1. The molecule has 2 fully saturated rings. The number of benzene rings is 2. The molecule has 27 heavy (non-hydrogen) atoms. The minimum atomic E-state index is -4.33. The van der Waals surface area contributed by atoms with E-state index in [9.17, 15) is 13.2 Å². The van der Waals surface area contributed by atoms with Gasteiger partial charge in [0.05, 0.1) is 11.3 Å². The molecule has 2 aromatic carbocycles. The number of nitrogens with zero attached hydrogens (tertiary/aromatic N) is 2. The van der Waals surface area contributed by atoms with Crippen molar-refractivity contribution in [3.05, 3.63) is 54.1 Å². The molecule has 0 aliphatic carbocycles. The molecule has 1 N–H and O–H groups in total. The summed E-state index contributed by atoms with van der Waals surface area (Å²) in [5, 5.41) is 3.29. The summed E-state index contributed by atoms with van der Waals surface area (Å²) in [5.74, 6) is 0. The van der Waals surface area contributed by atoms with Crippen molar-refractivity contribution in [3.63, 3.8) is 0 Å². The Bertz CT molecular complexity index is 770. The largest absolute Gasteiger partial charge is 0.416 e. The van der Waals surface area contributed by atoms with Gasteiger partial charge >= 0.3 is 6.18 Å². The van der Waals surface area contributed by atoms with Crippen LogP contribution in [0.3, 0.4) is 0 Å². The lowest BCUT2D eigenvalue weighted by atomic mass is 10.1. The van der Waals surface area contributed by atoms with Gasteiger partial charge in [-0.2, -0.15) is 13.2 Å². The molecule has 0 atom stereocenters. The van der Waals surface area contributed by atoms with Crippen LogP contribution in [0.1, 0.15) is 5.56 Å². The second-order valence-corrected chi connectivity index (χ2v) is 8.05. The van der Waals surface area contributed by atoms with Crippen LogP contribution < -0.4 is 10.2 Å². The van der Waals surface area contributed by atoms with Gasteiger partial charge in [-0.3, -0.25) is 4.90 Å². The van der Waals surface area contributed by atoms with E-state index in [-0.39, 0.29) is 0 Å². The molecule has 2 saturated heterocycles. The molecule has 2 aliphatic rings. The zero-order valence-corrected chi connectivity index (χ0v) is 15.7. The SMILES string of the molecule is FC(F)(F)c1ccc(N2CCN(C3CNC3)CC2)c(Sc2ccccc2)c1. The Morgan fingerprint density at radius 3 is 2.22 bits per heavy atom. The molecule has 0 amide bonds. The summed E-state index contributed by atoms with van der Waals surface area (Å²) in [7, 11) is 0. The highest BCUT2D eigenvalue weighted by atomic mass is 32.2. The summed E-state index contributed by atoms with van der Waals surface area (Å²) in [6, 6.07) is 14.3. The molecule has 2 aromatic rings. The van der Waals surface area contributed by atoms with Crippen LogP contribution in [0.15, 0.2) is 58.3 Å². The van der Waals surface area contributed by atoms with Crippen LogP contribution in [-0.2, 0) is 6.18 Å². The first-order chi connectivity index (χ1) is 13.0. The van der Waals surface area contributed by atoms with E-state index in [2.05, 4.69) is 15.1 Å². The van der Waals surface area contributed by atoms with Crippen LogP contribution in [0.25, 0.3) is 0 Å². The standard InChI is InChI=1S/C20H22F3N3S/c21-20(22,23)15-6-7-18(19(12-15)27-17-4-2-1-3-5-17)26-10-8-25(9-11-26)16-13-24-14-16/h1-7,12,16,24H,8-11,13-14H2.